The van der Waals surface area contributed by atoms with Crippen LogP contribution in [0.1, 0.15) is 19.8 Å². The summed E-state index contributed by atoms with van der Waals surface area (Å²) in [5.41, 5.74) is 10.8. The average Bonchev–Trinajstić information content (AvgIpc) is 2.99. The Balaban J connectivity index is 2.04. The topological polar surface area (TPSA) is 141 Å². The second-order valence-corrected chi connectivity index (χ2v) is 7.30. The SMILES string of the molecule is CCCCOCCn1c(=N)c2c(N)c3c(=O)c4ccccc4c(=O)c3c(N)c2c1=O. The Morgan fingerprint density at radius 2 is 1.47 bits per heavy atom. The normalized spacial score (nSPS) is 11.8. The van der Waals surface area contributed by atoms with E-state index in [9.17, 15) is 14.4 Å². The van der Waals surface area contributed by atoms with Crippen molar-refractivity contribution in [1.82, 2.24) is 4.57 Å². The molecule has 0 bridgehead atoms. The first kappa shape index (κ1) is 19.8. The third kappa shape index (κ3) is 2.72. The van der Waals surface area contributed by atoms with Crippen molar-refractivity contribution in [3.05, 3.63) is 60.6 Å². The lowest BCUT2D eigenvalue weighted by atomic mass is 9.97. The predicted octanol–water partition coefficient (Wildman–Crippen LogP) is 1.36. The molecule has 0 aliphatic carbocycles. The minimum atomic E-state index is -0.514. The van der Waals surface area contributed by atoms with Crippen molar-refractivity contribution >= 4 is 43.7 Å². The van der Waals surface area contributed by atoms with Crippen molar-refractivity contribution in [2.75, 3.05) is 24.7 Å². The lowest BCUT2D eigenvalue weighted by molar-refractivity contribution is 0.122. The first-order valence-electron chi connectivity index (χ1n) is 9.81. The molecule has 0 unspecified atom stereocenters. The van der Waals surface area contributed by atoms with Crippen LogP contribution in [0.25, 0.3) is 32.3 Å². The highest BCUT2D eigenvalue weighted by atomic mass is 16.5. The van der Waals surface area contributed by atoms with Crippen molar-refractivity contribution in [1.29, 1.82) is 5.41 Å². The summed E-state index contributed by atoms with van der Waals surface area (Å²) in [5.74, 6) is 0. The molecular weight excluding hydrogens is 384 g/mol. The predicted molar refractivity (Wildman–Crippen MR) is 119 cm³/mol. The Labute approximate surface area is 170 Å². The highest BCUT2D eigenvalue weighted by Gasteiger charge is 2.24. The quantitative estimate of drug-likeness (QED) is 0.191. The number of rotatable bonds is 6. The van der Waals surface area contributed by atoms with Crippen LogP contribution in [0.15, 0.2) is 38.6 Å². The van der Waals surface area contributed by atoms with Crippen molar-refractivity contribution < 1.29 is 4.74 Å². The second-order valence-electron chi connectivity index (χ2n) is 7.30. The van der Waals surface area contributed by atoms with Crippen LogP contribution in [0.2, 0.25) is 0 Å². The molecule has 3 aromatic carbocycles. The van der Waals surface area contributed by atoms with E-state index in [1.165, 1.54) is 4.57 Å². The Hall–Kier alpha value is -3.52. The molecule has 154 valence electrons. The van der Waals surface area contributed by atoms with Crippen LogP contribution in [0, 0.1) is 5.41 Å². The Morgan fingerprint density at radius 3 is 2.03 bits per heavy atom. The minimum Gasteiger partial charge on any atom is -0.397 e. The van der Waals surface area contributed by atoms with Crippen molar-refractivity contribution in [2.45, 2.75) is 26.3 Å². The van der Waals surface area contributed by atoms with Crippen molar-refractivity contribution in [3.63, 3.8) is 0 Å². The fourth-order valence-corrected chi connectivity index (χ4v) is 3.97. The monoisotopic (exact) mass is 406 g/mol. The minimum absolute atomic E-state index is 0.00494. The number of aromatic nitrogens is 1. The molecule has 8 heteroatoms. The molecule has 8 nitrogen and oxygen atoms in total. The van der Waals surface area contributed by atoms with Gasteiger partial charge in [-0.1, -0.05) is 37.6 Å². The van der Waals surface area contributed by atoms with Gasteiger partial charge < -0.3 is 16.2 Å². The number of hydrogen-bond acceptors (Lipinski definition) is 7. The van der Waals surface area contributed by atoms with Crippen LogP contribution in [-0.4, -0.2) is 17.8 Å². The van der Waals surface area contributed by atoms with Gasteiger partial charge in [0.2, 0.25) is 0 Å². The molecule has 0 amide bonds. The number of nitrogens with zero attached hydrogens (tertiary/aromatic N) is 1. The molecule has 5 N–H and O–H groups in total. The highest BCUT2D eigenvalue weighted by Crippen LogP contribution is 2.31. The number of fused-ring (bicyclic) bond motifs is 3. The third-order valence-electron chi connectivity index (χ3n) is 5.51. The lowest BCUT2D eigenvalue weighted by Gasteiger charge is -2.08. The summed E-state index contributed by atoms with van der Waals surface area (Å²) < 4.78 is 6.73. The summed E-state index contributed by atoms with van der Waals surface area (Å²) in [6.07, 6.45) is 1.90. The number of nitrogens with one attached hydrogen (secondary N) is 1. The second kappa shape index (κ2) is 7.38. The van der Waals surface area contributed by atoms with E-state index < -0.39 is 16.4 Å². The van der Waals surface area contributed by atoms with Crippen LogP contribution < -0.4 is 33.4 Å². The van der Waals surface area contributed by atoms with Crippen LogP contribution >= 0.6 is 0 Å². The van der Waals surface area contributed by atoms with Gasteiger partial charge in [-0.05, 0) is 6.42 Å². The summed E-state index contributed by atoms with van der Waals surface area (Å²) in [6, 6.07) is 6.42. The molecule has 0 radical (unpaired) electrons. The van der Waals surface area contributed by atoms with E-state index in [-0.39, 0.29) is 62.3 Å². The van der Waals surface area contributed by atoms with E-state index >= 15 is 0 Å². The Bertz CT molecular complexity index is 1400. The van der Waals surface area contributed by atoms with Gasteiger partial charge in [-0.2, -0.15) is 0 Å². The Morgan fingerprint density at radius 1 is 0.900 bits per heavy atom. The van der Waals surface area contributed by atoms with Crippen molar-refractivity contribution in [3.8, 4) is 0 Å². The number of nitrogens with two attached hydrogens (primary N) is 2. The fraction of sp³-hybridized carbons (Fsp3) is 0.273. The van der Waals surface area contributed by atoms with E-state index in [1.54, 1.807) is 24.3 Å². The molecule has 4 aromatic rings. The zero-order valence-electron chi connectivity index (χ0n) is 16.6. The lowest BCUT2D eigenvalue weighted by Crippen LogP contribution is -2.28. The molecule has 0 spiro atoms. The number of anilines is 2. The molecule has 0 aliphatic rings. The molecule has 0 saturated carbocycles. The smallest absolute Gasteiger partial charge is 0.262 e. The molecule has 1 heterocycles. The van der Waals surface area contributed by atoms with Gasteiger partial charge in [-0.15, -0.1) is 0 Å². The molecule has 4 rings (SSSR count). The maximum Gasteiger partial charge on any atom is 0.262 e. The summed E-state index contributed by atoms with van der Waals surface area (Å²) >= 11 is 0. The number of hydrogen-bond donors (Lipinski definition) is 3. The van der Waals surface area contributed by atoms with Crippen LogP contribution in [-0.2, 0) is 11.3 Å². The van der Waals surface area contributed by atoms with Crippen LogP contribution in [0.3, 0.4) is 0 Å². The first-order chi connectivity index (χ1) is 14.4. The van der Waals surface area contributed by atoms with Gasteiger partial charge in [0.15, 0.2) is 10.9 Å². The number of unbranched alkanes of at least 4 members (excludes halogenated alkanes) is 1. The third-order valence-corrected chi connectivity index (χ3v) is 5.51. The van der Waals surface area contributed by atoms with Gasteiger partial charge in [0.25, 0.3) is 5.56 Å². The average molecular weight is 406 g/mol. The standard InChI is InChI=1S/C22H22N4O4/c1-2-3-9-30-10-8-26-21(25)15-16(22(26)29)18(24)14-13(17(15)23)19(27)11-6-4-5-7-12(11)20(14)28/h4-7,25H,2-3,8-10,23-24H2,1H3. The summed E-state index contributed by atoms with van der Waals surface area (Å²) in [5, 5.41) is 8.94. The van der Waals surface area contributed by atoms with Gasteiger partial charge >= 0.3 is 0 Å². The van der Waals surface area contributed by atoms with Crippen LogP contribution in [0.5, 0.6) is 0 Å². The number of nitrogen functional groups attached to an aromatic ring is 2. The summed E-state index contributed by atoms with van der Waals surface area (Å²) in [4.78, 5) is 39.2. The van der Waals surface area contributed by atoms with Crippen molar-refractivity contribution in [2.24, 2.45) is 0 Å². The van der Waals surface area contributed by atoms with Gasteiger partial charge in [-0.3, -0.25) is 24.4 Å². The van der Waals surface area contributed by atoms with E-state index in [2.05, 4.69) is 0 Å². The molecule has 0 aliphatic heterocycles. The summed E-state index contributed by atoms with van der Waals surface area (Å²) in [6.45, 7) is 3.03. The molecule has 0 saturated heterocycles. The van der Waals surface area contributed by atoms with Crippen LogP contribution in [0.4, 0.5) is 11.4 Å². The van der Waals surface area contributed by atoms with E-state index in [0.29, 0.717) is 6.61 Å². The maximum absolute atomic E-state index is 13.1. The zero-order chi connectivity index (χ0) is 21.6. The molecule has 30 heavy (non-hydrogen) atoms. The number of benzene rings is 3. The molecule has 0 fully saturated rings. The van der Waals surface area contributed by atoms with E-state index in [1.807, 2.05) is 6.92 Å². The van der Waals surface area contributed by atoms with E-state index in [0.717, 1.165) is 12.8 Å². The molecule has 1 aromatic heterocycles. The van der Waals surface area contributed by atoms with Gasteiger partial charge in [0.05, 0.1) is 46.1 Å². The Kier molecular flexibility index (Phi) is 4.87. The van der Waals surface area contributed by atoms with E-state index in [4.69, 9.17) is 21.6 Å². The first-order valence-corrected chi connectivity index (χ1v) is 9.81. The highest BCUT2D eigenvalue weighted by molar-refractivity contribution is 6.20. The summed E-state index contributed by atoms with van der Waals surface area (Å²) in [7, 11) is 0. The molecular formula is C22H22N4O4. The number of ether oxygens (including phenoxy) is 1. The van der Waals surface area contributed by atoms with Gasteiger partial charge in [-0.25, -0.2) is 0 Å². The largest absolute Gasteiger partial charge is 0.397 e. The van der Waals surface area contributed by atoms with Gasteiger partial charge in [0.1, 0.15) is 5.49 Å². The molecule has 0 atom stereocenters. The maximum atomic E-state index is 13.1. The fourth-order valence-electron chi connectivity index (χ4n) is 3.97. The zero-order valence-corrected chi connectivity index (χ0v) is 16.6. The van der Waals surface area contributed by atoms with Gasteiger partial charge in [0, 0.05) is 17.4 Å².